The summed E-state index contributed by atoms with van der Waals surface area (Å²) in [5.41, 5.74) is 4.46. The first-order valence-electron chi connectivity index (χ1n) is 9.43. The van der Waals surface area contributed by atoms with Gasteiger partial charge in [0.05, 0.1) is 29.2 Å². The van der Waals surface area contributed by atoms with Crippen LogP contribution in [0.3, 0.4) is 0 Å². The molecule has 1 N–H and O–H groups in total. The van der Waals surface area contributed by atoms with Gasteiger partial charge in [-0.25, -0.2) is 9.67 Å². The zero-order valence-corrected chi connectivity index (χ0v) is 17.0. The zero-order chi connectivity index (χ0) is 20.4. The van der Waals surface area contributed by atoms with Crippen LogP contribution in [0.5, 0.6) is 0 Å². The lowest BCUT2D eigenvalue weighted by atomic mass is 10.0. The summed E-state index contributed by atoms with van der Waals surface area (Å²) in [6.45, 7) is 4.99. The van der Waals surface area contributed by atoms with Crippen LogP contribution in [0.2, 0.25) is 5.02 Å². The number of halogens is 1. The van der Waals surface area contributed by atoms with Crippen LogP contribution >= 0.6 is 11.6 Å². The Bertz CT molecular complexity index is 1160. The second kappa shape index (κ2) is 8.05. The lowest BCUT2D eigenvalue weighted by Crippen LogP contribution is -2.28. The number of carbonyl (C=O) groups excluding carboxylic acids is 1. The third kappa shape index (κ3) is 3.73. The van der Waals surface area contributed by atoms with Gasteiger partial charge in [0.25, 0.3) is 0 Å². The van der Waals surface area contributed by atoms with Crippen LogP contribution in [0.1, 0.15) is 18.3 Å². The first-order valence-corrected chi connectivity index (χ1v) is 9.80. The SMILES string of the molecule is CCn1ncc(Cl)c1CNC(=O)Cn1nc(C)c2c(-c3ccccc3)ccnc21. The molecule has 3 heterocycles. The molecule has 0 radical (unpaired) electrons. The molecule has 0 saturated heterocycles. The van der Waals surface area contributed by atoms with Crippen molar-refractivity contribution < 1.29 is 4.79 Å². The number of benzene rings is 1. The Kier molecular flexibility index (Phi) is 5.31. The Balaban J connectivity index is 1.57. The van der Waals surface area contributed by atoms with Crippen LogP contribution in [0.25, 0.3) is 22.2 Å². The highest BCUT2D eigenvalue weighted by molar-refractivity contribution is 6.31. The van der Waals surface area contributed by atoms with E-state index in [1.807, 2.05) is 38.1 Å². The molecule has 4 rings (SSSR count). The fourth-order valence-corrected chi connectivity index (χ4v) is 3.67. The highest BCUT2D eigenvalue weighted by Crippen LogP contribution is 2.29. The predicted octanol–water partition coefficient (Wildman–Crippen LogP) is 3.59. The molecule has 0 saturated carbocycles. The normalized spacial score (nSPS) is 11.1. The van der Waals surface area contributed by atoms with Crippen LogP contribution in [0.15, 0.2) is 48.8 Å². The first-order chi connectivity index (χ1) is 14.1. The largest absolute Gasteiger partial charge is 0.349 e. The molecule has 0 unspecified atom stereocenters. The average Bonchev–Trinajstić information content (AvgIpc) is 3.26. The summed E-state index contributed by atoms with van der Waals surface area (Å²) in [6.07, 6.45) is 3.34. The van der Waals surface area contributed by atoms with Gasteiger partial charge in [0.15, 0.2) is 5.65 Å². The van der Waals surface area contributed by atoms with E-state index in [2.05, 4.69) is 32.6 Å². The molecular weight excluding hydrogens is 388 g/mol. The number of aromatic nitrogens is 5. The molecule has 8 heteroatoms. The molecule has 0 aliphatic heterocycles. The second-order valence-electron chi connectivity index (χ2n) is 6.70. The van der Waals surface area contributed by atoms with Crippen LogP contribution in [-0.4, -0.2) is 30.5 Å². The van der Waals surface area contributed by atoms with Crippen LogP contribution < -0.4 is 5.32 Å². The van der Waals surface area contributed by atoms with E-state index in [0.29, 0.717) is 23.8 Å². The molecule has 7 nitrogen and oxygen atoms in total. The minimum absolute atomic E-state index is 0.0768. The zero-order valence-electron chi connectivity index (χ0n) is 16.3. The Morgan fingerprint density at radius 1 is 1.17 bits per heavy atom. The van der Waals surface area contributed by atoms with Gasteiger partial charge in [0, 0.05) is 18.1 Å². The number of rotatable bonds is 6. The Morgan fingerprint density at radius 3 is 2.72 bits per heavy atom. The molecule has 0 aliphatic rings. The van der Waals surface area contributed by atoms with E-state index in [-0.39, 0.29) is 12.5 Å². The van der Waals surface area contributed by atoms with Crippen LogP contribution in [-0.2, 0) is 24.4 Å². The standard InChI is InChI=1S/C21H21ClN6O/c1-3-27-18(17(22)11-25-27)12-24-19(29)13-28-21-20(14(2)26-28)16(9-10-23-21)15-7-5-4-6-8-15/h4-11H,3,12-13H2,1-2H3,(H,24,29). The quantitative estimate of drug-likeness (QED) is 0.528. The molecule has 0 spiro atoms. The summed E-state index contributed by atoms with van der Waals surface area (Å²) in [4.78, 5) is 17.0. The molecular formula is C21H21ClN6O. The number of nitrogens with zero attached hydrogens (tertiary/aromatic N) is 5. The lowest BCUT2D eigenvalue weighted by Gasteiger charge is -2.08. The van der Waals surface area contributed by atoms with Crippen molar-refractivity contribution in [3.05, 3.63) is 65.2 Å². The average molecular weight is 409 g/mol. The molecule has 0 atom stereocenters. The van der Waals surface area contributed by atoms with Gasteiger partial charge in [0.2, 0.25) is 5.91 Å². The number of aryl methyl sites for hydroxylation is 2. The van der Waals surface area contributed by atoms with E-state index in [9.17, 15) is 4.79 Å². The molecule has 0 aliphatic carbocycles. The summed E-state index contributed by atoms with van der Waals surface area (Å²) >= 11 is 6.16. The minimum atomic E-state index is -0.166. The summed E-state index contributed by atoms with van der Waals surface area (Å²) in [6, 6.07) is 12.1. The molecule has 4 aromatic rings. The number of fused-ring (bicyclic) bond motifs is 1. The van der Waals surface area contributed by atoms with Gasteiger partial charge < -0.3 is 5.32 Å². The number of pyridine rings is 1. The summed E-state index contributed by atoms with van der Waals surface area (Å²) in [5, 5.41) is 13.1. The highest BCUT2D eigenvalue weighted by Gasteiger charge is 2.16. The fraction of sp³-hybridized carbons (Fsp3) is 0.238. The van der Waals surface area contributed by atoms with Gasteiger partial charge in [-0.3, -0.25) is 9.48 Å². The number of hydrogen-bond acceptors (Lipinski definition) is 4. The fourth-order valence-electron chi connectivity index (χ4n) is 3.46. The summed E-state index contributed by atoms with van der Waals surface area (Å²) in [7, 11) is 0. The van der Waals surface area contributed by atoms with Crippen molar-refractivity contribution in [3.63, 3.8) is 0 Å². The maximum absolute atomic E-state index is 12.6. The predicted molar refractivity (Wildman–Crippen MR) is 112 cm³/mol. The van der Waals surface area contributed by atoms with Crippen molar-refractivity contribution in [3.8, 4) is 11.1 Å². The summed E-state index contributed by atoms with van der Waals surface area (Å²) < 4.78 is 3.41. The number of carbonyl (C=O) groups is 1. The third-order valence-corrected chi connectivity index (χ3v) is 5.15. The van der Waals surface area contributed by atoms with Gasteiger partial charge >= 0.3 is 0 Å². The van der Waals surface area contributed by atoms with E-state index in [4.69, 9.17) is 11.6 Å². The van der Waals surface area contributed by atoms with Gasteiger partial charge in [-0.05, 0) is 31.0 Å². The third-order valence-electron chi connectivity index (χ3n) is 4.84. The Labute approximate surface area is 173 Å². The Hall–Kier alpha value is -3.19. The summed E-state index contributed by atoms with van der Waals surface area (Å²) in [5.74, 6) is -0.166. The van der Waals surface area contributed by atoms with Gasteiger partial charge in [0.1, 0.15) is 6.54 Å². The molecule has 0 bridgehead atoms. The van der Waals surface area contributed by atoms with Gasteiger partial charge in [-0.1, -0.05) is 41.9 Å². The molecule has 3 aromatic heterocycles. The molecule has 1 amide bonds. The van der Waals surface area contributed by atoms with E-state index < -0.39 is 0 Å². The van der Waals surface area contributed by atoms with Gasteiger partial charge in [-0.15, -0.1) is 0 Å². The highest BCUT2D eigenvalue weighted by atomic mass is 35.5. The van der Waals surface area contributed by atoms with Crippen LogP contribution in [0.4, 0.5) is 0 Å². The monoisotopic (exact) mass is 408 g/mol. The smallest absolute Gasteiger partial charge is 0.242 e. The van der Waals surface area contributed by atoms with Crippen molar-refractivity contribution in [1.82, 2.24) is 29.9 Å². The van der Waals surface area contributed by atoms with Crippen molar-refractivity contribution in [2.24, 2.45) is 0 Å². The van der Waals surface area contributed by atoms with E-state index in [0.717, 1.165) is 27.9 Å². The number of nitrogens with one attached hydrogen (secondary N) is 1. The van der Waals surface area contributed by atoms with Gasteiger partial charge in [-0.2, -0.15) is 10.2 Å². The lowest BCUT2D eigenvalue weighted by molar-refractivity contribution is -0.122. The minimum Gasteiger partial charge on any atom is -0.349 e. The molecule has 29 heavy (non-hydrogen) atoms. The maximum atomic E-state index is 12.6. The van der Waals surface area contributed by atoms with E-state index >= 15 is 0 Å². The molecule has 148 valence electrons. The second-order valence-corrected chi connectivity index (χ2v) is 7.11. The van der Waals surface area contributed by atoms with Crippen molar-refractivity contribution >= 4 is 28.5 Å². The number of amides is 1. The topological polar surface area (TPSA) is 77.6 Å². The Morgan fingerprint density at radius 2 is 1.97 bits per heavy atom. The number of hydrogen-bond donors (Lipinski definition) is 1. The van der Waals surface area contributed by atoms with Crippen molar-refractivity contribution in [2.45, 2.75) is 33.5 Å². The molecule has 0 fully saturated rings. The van der Waals surface area contributed by atoms with Crippen LogP contribution in [0, 0.1) is 6.92 Å². The first kappa shape index (κ1) is 19.1. The van der Waals surface area contributed by atoms with E-state index in [1.165, 1.54) is 0 Å². The maximum Gasteiger partial charge on any atom is 0.242 e. The van der Waals surface area contributed by atoms with E-state index in [1.54, 1.807) is 21.8 Å². The van der Waals surface area contributed by atoms with Crippen molar-refractivity contribution in [1.29, 1.82) is 0 Å². The van der Waals surface area contributed by atoms with Crippen molar-refractivity contribution in [2.75, 3.05) is 0 Å². The molecule has 1 aromatic carbocycles.